The van der Waals surface area contributed by atoms with Gasteiger partial charge in [-0.2, -0.15) is 0 Å². The third kappa shape index (κ3) is 3.74. The molecule has 0 unspecified atom stereocenters. The van der Waals surface area contributed by atoms with E-state index >= 15 is 0 Å². The third-order valence-electron chi connectivity index (χ3n) is 5.73. The minimum Gasteiger partial charge on any atom is -0.486 e. The van der Waals surface area contributed by atoms with Crippen LogP contribution >= 0.6 is 0 Å². The van der Waals surface area contributed by atoms with Crippen molar-refractivity contribution in [1.29, 1.82) is 0 Å². The first kappa shape index (κ1) is 17.4. The van der Waals surface area contributed by atoms with Crippen molar-refractivity contribution in [3.8, 4) is 5.75 Å². The number of ether oxygens (including phenoxy) is 1. The molecule has 2 fully saturated rings. The molecule has 4 atom stereocenters. The Hall–Kier alpha value is -1.98. The van der Waals surface area contributed by atoms with E-state index in [9.17, 15) is 5.11 Å². The van der Waals surface area contributed by atoms with Crippen LogP contribution in [0, 0.1) is 25.7 Å². The van der Waals surface area contributed by atoms with Crippen LogP contribution in [0.3, 0.4) is 0 Å². The Balaban J connectivity index is 1.39. The molecule has 1 aliphatic carbocycles. The first-order chi connectivity index (χ1) is 12.6. The predicted molar refractivity (Wildman–Crippen MR) is 99.9 cm³/mol. The van der Waals surface area contributed by atoms with Crippen molar-refractivity contribution >= 4 is 0 Å². The second kappa shape index (κ2) is 7.33. The molecular weight excluding hydrogens is 326 g/mol. The van der Waals surface area contributed by atoms with Gasteiger partial charge in [-0.15, -0.1) is 0 Å². The number of hydrogen-bond acceptors (Lipinski definition) is 5. The lowest BCUT2D eigenvalue weighted by molar-refractivity contribution is -0.0236. The first-order valence-electron chi connectivity index (χ1n) is 9.49. The van der Waals surface area contributed by atoms with Gasteiger partial charge in [0, 0.05) is 31.5 Å². The average Bonchev–Trinajstić information content (AvgIpc) is 2.99. The highest BCUT2D eigenvalue weighted by molar-refractivity contribution is 5.28. The number of pyridine rings is 2. The summed E-state index contributed by atoms with van der Waals surface area (Å²) >= 11 is 0. The molecule has 3 heterocycles. The topological polar surface area (TPSA) is 58.5 Å². The Morgan fingerprint density at radius 1 is 1.12 bits per heavy atom. The zero-order valence-electron chi connectivity index (χ0n) is 15.5. The number of fused-ring (bicyclic) bond motifs is 1. The Morgan fingerprint density at radius 2 is 1.92 bits per heavy atom. The van der Waals surface area contributed by atoms with Crippen molar-refractivity contribution in [2.45, 2.75) is 45.4 Å². The highest BCUT2D eigenvalue weighted by atomic mass is 16.5. The molecule has 1 saturated heterocycles. The number of hydrogen-bond donors (Lipinski definition) is 1. The highest BCUT2D eigenvalue weighted by Gasteiger charge is 2.42. The summed E-state index contributed by atoms with van der Waals surface area (Å²) < 4.78 is 6.17. The van der Waals surface area contributed by atoms with Gasteiger partial charge in [-0.1, -0.05) is 6.07 Å². The molecule has 4 rings (SSSR count). The summed E-state index contributed by atoms with van der Waals surface area (Å²) in [5, 5.41) is 10.6. The number of aryl methyl sites for hydroxylation is 2. The van der Waals surface area contributed by atoms with Crippen LogP contribution in [0.2, 0.25) is 0 Å². The average molecular weight is 353 g/mol. The van der Waals surface area contributed by atoms with E-state index in [2.05, 4.69) is 20.9 Å². The van der Waals surface area contributed by atoms with Gasteiger partial charge in [0.1, 0.15) is 11.9 Å². The Kier molecular flexibility index (Phi) is 4.92. The van der Waals surface area contributed by atoms with Crippen molar-refractivity contribution in [3.05, 3.63) is 53.6 Å². The summed E-state index contributed by atoms with van der Waals surface area (Å²) in [7, 11) is 0. The lowest BCUT2D eigenvalue weighted by Crippen LogP contribution is -2.42. The predicted octanol–water partition coefficient (Wildman–Crippen LogP) is 2.74. The van der Waals surface area contributed by atoms with Crippen LogP contribution in [0.5, 0.6) is 5.75 Å². The van der Waals surface area contributed by atoms with Crippen LogP contribution in [-0.2, 0) is 6.54 Å². The van der Waals surface area contributed by atoms with E-state index in [1.54, 1.807) is 0 Å². The van der Waals surface area contributed by atoms with Crippen LogP contribution in [-0.4, -0.2) is 45.3 Å². The molecule has 0 spiro atoms. The van der Waals surface area contributed by atoms with E-state index < -0.39 is 6.10 Å². The lowest BCUT2D eigenvalue weighted by Gasteiger charge is -2.35. The second-order valence-electron chi connectivity index (χ2n) is 7.77. The summed E-state index contributed by atoms with van der Waals surface area (Å²) in [5.74, 6) is 1.91. The van der Waals surface area contributed by atoms with Gasteiger partial charge in [0.15, 0.2) is 0 Å². The monoisotopic (exact) mass is 353 g/mol. The number of aromatic nitrogens is 2. The lowest BCUT2D eigenvalue weighted by atomic mass is 9.78. The van der Waals surface area contributed by atoms with Crippen LogP contribution in [0.4, 0.5) is 0 Å². The molecular formula is C21H27N3O2. The minimum atomic E-state index is -0.410. The zero-order chi connectivity index (χ0) is 18.1. The van der Waals surface area contributed by atoms with E-state index in [0.29, 0.717) is 11.8 Å². The standard InChI is InChI=1S/C21H27N3O2/c1-14-6-7-20(15(2)23-14)26-21-10-17-12-24(11-16(17)9-19(21)25)13-18-5-3-4-8-22-18/h3-8,16-17,19,21,25H,9-13H2,1-2H3/t16-,17+,19+,21+/m0/s1. The highest BCUT2D eigenvalue weighted by Crippen LogP contribution is 2.38. The van der Waals surface area contributed by atoms with Gasteiger partial charge < -0.3 is 9.84 Å². The van der Waals surface area contributed by atoms with Crippen molar-refractivity contribution < 1.29 is 9.84 Å². The molecule has 26 heavy (non-hydrogen) atoms. The van der Waals surface area contributed by atoms with E-state index in [-0.39, 0.29) is 6.10 Å². The molecule has 2 aliphatic rings. The molecule has 5 nitrogen and oxygen atoms in total. The molecule has 1 N–H and O–H groups in total. The molecule has 138 valence electrons. The van der Waals surface area contributed by atoms with E-state index in [0.717, 1.165) is 55.3 Å². The van der Waals surface area contributed by atoms with Crippen molar-refractivity contribution in [2.75, 3.05) is 13.1 Å². The third-order valence-corrected chi connectivity index (χ3v) is 5.73. The second-order valence-corrected chi connectivity index (χ2v) is 7.77. The van der Waals surface area contributed by atoms with Crippen LogP contribution in [0.15, 0.2) is 36.5 Å². The SMILES string of the molecule is Cc1ccc(O[C@@H]2C[C@@H]3CN(Cc4ccccn4)C[C@@H]3C[C@H]2O)c(C)n1. The van der Waals surface area contributed by atoms with Crippen molar-refractivity contribution in [3.63, 3.8) is 0 Å². The maximum atomic E-state index is 10.6. The summed E-state index contributed by atoms with van der Waals surface area (Å²) in [6.45, 7) is 6.92. The molecule has 0 radical (unpaired) electrons. The smallest absolute Gasteiger partial charge is 0.141 e. The number of likely N-dealkylation sites (tertiary alicyclic amines) is 1. The van der Waals surface area contributed by atoms with Crippen LogP contribution in [0.1, 0.15) is 29.9 Å². The Morgan fingerprint density at radius 3 is 2.65 bits per heavy atom. The fourth-order valence-electron chi connectivity index (χ4n) is 4.43. The Labute approximate surface area is 155 Å². The number of aliphatic hydroxyl groups is 1. The fourth-order valence-corrected chi connectivity index (χ4v) is 4.43. The van der Waals surface area contributed by atoms with Gasteiger partial charge in [0.2, 0.25) is 0 Å². The number of nitrogens with zero attached hydrogens (tertiary/aromatic N) is 3. The van der Waals surface area contributed by atoms with Crippen LogP contribution < -0.4 is 4.74 Å². The van der Waals surface area contributed by atoms with Crippen molar-refractivity contribution in [1.82, 2.24) is 14.9 Å². The van der Waals surface area contributed by atoms with Gasteiger partial charge in [-0.25, -0.2) is 0 Å². The summed E-state index contributed by atoms with van der Waals surface area (Å²) in [5.41, 5.74) is 2.99. The molecule has 0 amide bonds. The Bertz CT molecular complexity index is 752. The first-order valence-corrected chi connectivity index (χ1v) is 9.49. The van der Waals surface area contributed by atoms with Gasteiger partial charge in [0.25, 0.3) is 0 Å². The fraction of sp³-hybridized carbons (Fsp3) is 0.524. The summed E-state index contributed by atoms with van der Waals surface area (Å²) in [6, 6.07) is 10.0. The quantitative estimate of drug-likeness (QED) is 0.916. The molecule has 0 bridgehead atoms. The molecule has 0 aromatic carbocycles. The zero-order valence-corrected chi connectivity index (χ0v) is 15.5. The maximum absolute atomic E-state index is 10.6. The molecule has 5 heteroatoms. The van der Waals surface area contributed by atoms with Gasteiger partial charge in [-0.3, -0.25) is 14.9 Å². The van der Waals surface area contributed by atoms with Gasteiger partial charge in [-0.05, 0) is 62.8 Å². The normalized spacial score (nSPS) is 28.7. The molecule has 2 aromatic rings. The van der Waals surface area contributed by atoms with Crippen molar-refractivity contribution in [2.24, 2.45) is 11.8 Å². The molecule has 1 aliphatic heterocycles. The number of aliphatic hydroxyl groups excluding tert-OH is 1. The van der Waals surface area contributed by atoms with E-state index in [1.165, 1.54) is 0 Å². The van der Waals surface area contributed by atoms with E-state index in [1.807, 2.05) is 44.3 Å². The largest absolute Gasteiger partial charge is 0.486 e. The van der Waals surface area contributed by atoms with E-state index in [4.69, 9.17) is 4.74 Å². The van der Waals surface area contributed by atoms with Gasteiger partial charge >= 0.3 is 0 Å². The van der Waals surface area contributed by atoms with Gasteiger partial charge in [0.05, 0.1) is 17.5 Å². The van der Waals surface area contributed by atoms with Crippen LogP contribution in [0.25, 0.3) is 0 Å². The minimum absolute atomic E-state index is 0.144. The molecule has 2 aromatic heterocycles. The summed E-state index contributed by atoms with van der Waals surface area (Å²) in [6.07, 6.45) is 3.01. The maximum Gasteiger partial charge on any atom is 0.141 e. The molecule has 1 saturated carbocycles. The summed E-state index contributed by atoms with van der Waals surface area (Å²) in [4.78, 5) is 11.4. The number of rotatable bonds is 4.